The predicted molar refractivity (Wildman–Crippen MR) is 25.9 cm³/mol. The number of hydrogen-bond donors (Lipinski definition) is 0. The molecule has 1 saturated carbocycles. The van der Waals surface area contributed by atoms with Crippen molar-refractivity contribution in [2.45, 2.75) is 12.8 Å². The van der Waals surface area contributed by atoms with Gasteiger partial charge in [-0.3, -0.25) is 0 Å². The maximum Gasteiger partial charge on any atom is 0.294 e. The van der Waals surface area contributed by atoms with Crippen LogP contribution in [0.3, 0.4) is 0 Å². The molecule has 1 atom stereocenters. The van der Waals surface area contributed by atoms with E-state index >= 15 is 0 Å². The molecule has 0 saturated heterocycles. The maximum atomic E-state index is 4.03. The van der Waals surface area contributed by atoms with E-state index in [1.54, 1.807) is 0 Å². The van der Waals surface area contributed by atoms with Crippen LogP contribution in [0.4, 0.5) is 0 Å². The van der Waals surface area contributed by atoms with Gasteiger partial charge in [0.1, 0.15) is 0 Å². The minimum Gasteiger partial charge on any atom is -0.105 e. The van der Waals surface area contributed by atoms with Crippen molar-refractivity contribution in [3.8, 4) is 0 Å². The molecule has 1 fully saturated rings. The number of fused-ring (bicyclic) bond motifs is 1. The smallest absolute Gasteiger partial charge is 0.105 e. The highest BCUT2D eigenvalue weighted by atomic mass is 14.7. The van der Waals surface area contributed by atoms with Gasteiger partial charge < -0.3 is 0 Å². The average molecular weight is 80.1 g/mol. The fourth-order valence-corrected chi connectivity index (χ4v) is 0.865. The fourth-order valence-electron chi connectivity index (χ4n) is 0.865. The molecule has 30 valence electrons. The standard InChI is InChI=1S/C5H6N/c1-2-5-4(1)3-6-5/h3-4H,1-2H2/q+1. The number of rotatable bonds is 0. The van der Waals surface area contributed by atoms with E-state index in [2.05, 4.69) is 4.67 Å². The van der Waals surface area contributed by atoms with E-state index < -0.39 is 0 Å². The summed E-state index contributed by atoms with van der Waals surface area (Å²) in [4.78, 5) is 0. The Labute approximate surface area is 36.4 Å². The van der Waals surface area contributed by atoms with Gasteiger partial charge in [0.15, 0.2) is 5.92 Å². The summed E-state index contributed by atoms with van der Waals surface area (Å²) in [7, 11) is 0. The van der Waals surface area contributed by atoms with Crippen molar-refractivity contribution in [1.29, 1.82) is 0 Å². The lowest BCUT2D eigenvalue weighted by Gasteiger charge is -2.14. The molecule has 0 N–H and O–H groups in total. The molecule has 0 amide bonds. The zero-order valence-electron chi connectivity index (χ0n) is 3.52. The first-order chi connectivity index (χ1) is 2.97. The van der Waals surface area contributed by atoms with Crippen molar-refractivity contribution >= 4 is 11.9 Å². The minimum absolute atomic E-state index is 0.838. The van der Waals surface area contributed by atoms with Gasteiger partial charge in [-0.25, -0.2) is 0 Å². The Morgan fingerprint density at radius 2 is 2.67 bits per heavy atom. The Morgan fingerprint density at radius 1 is 1.83 bits per heavy atom. The molecular formula is C5H6N+. The lowest BCUT2D eigenvalue weighted by molar-refractivity contribution is 0.678. The van der Waals surface area contributed by atoms with E-state index in [-0.39, 0.29) is 0 Å². The SMILES string of the molecule is C1=[N+]=C2CCC12. The van der Waals surface area contributed by atoms with E-state index in [4.69, 9.17) is 0 Å². The minimum atomic E-state index is 0.838. The first kappa shape index (κ1) is 2.59. The summed E-state index contributed by atoms with van der Waals surface area (Å²) in [6.07, 6.45) is 4.69. The monoisotopic (exact) mass is 80.0 g/mol. The number of hydrogen-bond acceptors (Lipinski definition) is 0. The molecule has 0 aromatic heterocycles. The van der Waals surface area contributed by atoms with Gasteiger partial charge in [-0.2, -0.15) is 0 Å². The topological polar surface area (TPSA) is 14.1 Å². The molecule has 0 spiro atoms. The summed E-state index contributed by atoms with van der Waals surface area (Å²) in [5.41, 5.74) is 1.44. The Bertz CT molecular complexity index is 140. The highest BCUT2D eigenvalue weighted by Gasteiger charge is 2.41. The lowest BCUT2D eigenvalue weighted by Crippen LogP contribution is -2.37. The maximum absolute atomic E-state index is 4.03. The molecule has 6 heavy (non-hydrogen) atoms. The fraction of sp³-hybridized carbons (Fsp3) is 0.600. The molecule has 1 aliphatic carbocycles. The van der Waals surface area contributed by atoms with Crippen molar-refractivity contribution < 1.29 is 0 Å². The molecule has 0 aromatic rings. The molecule has 0 aromatic carbocycles. The molecule has 0 radical (unpaired) electrons. The van der Waals surface area contributed by atoms with Gasteiger partial charge >= 0.3 is 0 Å². The Morgan fingerprint density at radius 3 is 2.67 bits per heavy atom. The van der Waals surface area contributed by atoms with Crippen LogP contribution in [0.25, 0.3) is 0 Å². The third-order valence-corrected chi connectivity index (χ3v) is 1.56. The van der Waals surface area contributed by atoms with Crippen LogP contribution in [0.2, 0.25) is 0 Å². The van der Waals surface area contributed by atoms with E-state index in [1.165, 1.54) is 18.6 Å². The van der Waals surface area contributed by atoms with Gasteiger partial charge in [0.25, 0.3) is 11.9 Å². The van der Waals surface area contributed by atoms with Crippen molar-refractivity contribution in [3.63, 3.8) is 0 Å². The molecule has 1 heterocycles. The zero-order valence-corrected chi connectivity index (χ0v) is 3.52. The highest BCUT2D eigenvalue weighted by Crippen LogP contribution is 2.22. The molecule has 0 bridgehead atoms. The van der Waals surface area contributed by atoms with E-state index in [0.29, 0.717) is 0 Å². The van der Waals surface area contributed by atoms with Crippen LogP contribution in [-0.2, 0) is 0 Å². The van der Waals surface area contributed by atoms with E-state index in [9.17, 15) is 0 Å². The van der Waals surface area contributed by atoms with Crippen LogP contribution in [-0.4, -0.2) is 11.9 Å². The lowest BCUT2D eigenvalue weighted by atomic mass is 9.81. The van der Waals surface area contributed by atoms with Crippen molar-refractivity contribution in [2.75, 3.05) is 0 Å². The Balaban J connectivity index is 2.47. The van der Waals surface area contributed by atoms with Crippen LogP contribution in [0, 0.1) is 5.92 Å². The van der Waals surface area contributed by atoms with E-state index in [0.717, 1.165) is 5.92 Å². The van der Waals surface area contributed by atoms with Crippen LogP contribution in [0.1, 0.15) is 12.8 Å². The summed E-state index contributed by atoms with van der Waals surface area (Å²) in [6, 6.07) is 0. The van der Waals surface area contributed by atoms with Crippen molar-refractivity contribution in [3.05, 3.63) is 0 Å². The molecule has 2 rings (SSSR count). The van der Waals surface area contributed by atoms with Gasteiger partial charge in [-0.15, -0.1) is 4.67 Å². The molecular weight excluding hydrogens is 74.1 g/mol. The van der Waals surface area contributed by atoms with Gasteiger partial charge in [0.2, 0.25) is 0 Å². The van der Waals surface area contributed by atoms with Crippen molar-refractivity contribution in [2.24, 2.45) is 5.92 Å². The third-order valence-electron chi connectivity index (χ3n) is 1.56. The largest absolute Gasteiger partial charge is 0.294 e. The van der Waals surface area contributed by atoms with Crippen LogP contribution in [0.15, 0.2) is 0 Å². The third kappa shape index (κ3) is 0.114. The summed E-state index contributed by atoms with van der Waals surface area (Å²) in [5.74, 6) is 0.838. The first-order valence-electron chi connectivity index (χ1n) is 2.37. The summed E-state index contributed by atoms with van der Waals surface area (Å²) in [5, 5.41) is 0. The van der Waals surface area contributed by atoms with Crippen molar-refractivity contribution in [1.82, 2.24) is 4.67 Å². The molecule has 1 unspecified atom stereocenters. The molecule has 1 heteroatoms. The summed E-state index contributed by atoms with van der Waals surface area (Å²) >= 11 is 0. The molecule has 1 aliphatic heterocycles. The van der Waals surface area contributed by atoms with Gasteiger partial charge in [-0.05, 0) is 6.42 Å². The Hall–Kier alpha value is -0.550. The number of nitrogens with zero attached hydrogens (tertiary/aromatic N) is 1. The van der Waals surface area contributed by atoms with Crippen LogP contribution >= 0.6 is 0 Å². The normalized spacial score (nSPS) is 36.0. The highest BCUT2D eigenvalue weighted by molar-refractivity contribution is 6.09. The van der Waals surface area contributed by atoms with Crippen LogP contribution in [0.5, 0.6) is 0 Å². The Kier molecular flexibility index (Phi) is 0.256. The summed E-state index contributed by atoms with van der Waals surface area (Å²) in [6.45, 7) is 0. The average Bonchev–Trinajstić information content (AvgIpc) is 1.54. The van der Waals surface area contributed by atoms with Gasteiger partial charge in [0.05, 0.1) is 0 Å². The predicted octanol–water partition coefficient (Wildman–Crippen LogP) is -0.0110. The second-order valence-electron chi connectivity index (χ2n) is 1.91. The summed E-state index contributed by atoms with van der Waals surface area (Å²) < 4.78 is 4.03. The molecule has 2 aliphatic rings. The zero-order chi connectivity index (χ0) is 3.98. The van der Waals surface area contributed by atoms with Gasteiger partial charge in [-0.1, -0.05) is 0 Å². The van der Waals surface area contributed by atoms with Gasteiger partial charge in [0, 0.05) is 6.42 Å². The first-order valence-corrected chi connectivity index (χ1v) is 2.37. The molecule has 1 nitrogen and oxygen atoms in total. The van der Waals surface area contributed by atoms with Crippen LogP contribution < -0.4 is 4.67 Å². The van der Waals surface area contributed by atoms with E-state index in [1.807, 2.05) is 6.21 Å². The second kappa shape index (κ2) is 0.593. The second-order valence-corrected chi connectivity index (χ2v) is 1.91. The quantitative estimate of drug-likeness (QED) is 0.363.